The maximum absolute atomic E-state index is 6.22. The Labute approximate surface area is 176 Å². The van der Waals surface area contributed by atoms with Crippen molar-refractivity contribution in [1.29, 1.82) is 0 Å². The molecule has 3 aromatic carbocycles. The van der Waals surface area contributed by atoms with Gasteiger partial charge in [0.2, 0.25) is 0 Å². The molecule has 0 aliphatic carbocycles. The van der Waals surface area contributed by atoms with E-state index in [1.165, 1.54) is 53.1 Å². The van der Waals surface area contributed by atoms with E-state index in [1.807, 2.05) is 0 Å². The zero-order valence-electron chi connectivity index (χ0n) is 18.0. The summed E-state index contributed by atoms with van der Waals surface area (Å²) in [5.41, 5.74) is 4.06. The molecule has 154 valence electrons. The number of aryl methyl sites for hydroxylation is 1. The number of nitrogens with one attached hydrogen (secondary N) is 1. The Morgan fingerprint density at radius 1 is 0.828 bits per heavy atom. The lowest BCUT2D eigenvalue weighted by molar-refractivity contribution is 0.301. The van der Waals surface area contributed by atoms with Crippen molar-refractivity contribution in [3.8, 4) is 5.75 Å². The van der Waals surface area contributed by atoms with Crippen LogP contribution in [-0.4, -0.2) is 13.2 Å². The zero-order chi connectivity index (χ0) is 20.3. The second kappa shape index (κ2) is 11.6. The van der Waals surface area contributed by atoms with Crippen LogP contribution in [0.3, 0.4) is 0 Å². The highest BCUT2D eigenvalue weighted by Crippen LogP contribution is 2.28. The standard InChI is InChI=1S/C27H35NO/c1-3-4-5-6-11-20-29-27-17-16-24-14-9-10-15-25(24)26(27)21-28-19-18-23-13-8-7-12-22(23)2/h7-10,12-17,28H,3-6,11,18-21H2,1-2H3. The van der Waals surface area contributed by atoms with E-state index >= 15 is 0 Å². The molecule has 0 fully saturated rings. The van der Waals surface area contributed by atoms with Crippen LogP contribution in [-0.2, 0) is 13.0 Å². The van der Waals surface area contributed by atoms with Crippen LogP contribution in [0.4, 0.5) is 0 Å². The molecule has 0 saturated carbocycles. The summed E-state index contributed by atoms with van der Waals surface area (Å²) in [6.45, 7) is 7.04. The van der Waals surface area contributed by atoms with Crippen LogP contribution < -0.4 is 10.1 Å². The fourth-order valence-corrected chi connectivity index (χ4v) is 3.85. The number of rotatable bonds is 12. The van der Waals surface area contributed by atoms with E-state index in [0.29, 0.717) is 0 Å². The van der Waals surface area contributed by atoms with Crippen molar-refractivity contribution < 1.29 is 4.74 Å². The molecule has 29 heavy (non-hydrogen) atoms. The molecular formula is C27H35NO. The molecule has 0 aliphatic heterocycles. The predicted octanol–water partition coefficient (Wildman–Crippen LogP) is 6.83. The number of hydrogen-bond donors (Lipinski definition) is 1. The first-order valence-electron chi connectivity index (χ1n) is 11.2. The summed E-state index contributed by atoms with van der Waals surface area (Å²) in [4.78, 5) is 0. The summed E-state index contributed by atoms with van der Waals surface area (Å²) in [5.74, 6) is 1.03. The van der Waals surface area contributed by atoms with E-state index in [-0.39, 0.29) is 0 Å². The van der Waals surface area contributed by atoms with Gasteiger partial charge in [0.25, 0.3) is 0 Å². The monoisotopic (exact) mass is 389 g/mol. The van der Waals surface area contributed by atoms with Crippen molar-refractivity contribution in [3.05, 3.63) is 77.4 Å². The van der Waals surface area contributed by atoms with Crippen molar-refractivity contribution in [2.45, 2.75) is 58.9 Å². The van der Waals surface area contributed by atoms with E-state index < -0.39 is 0 Å². The van der Waals surface area contributed by atoms with Gasteiger partial charge >= 0.3 is 0 Å². The van der Waals surface area contributed by atoms with E-state index in [0.717, 1.165) is 38.3 Å². The summed E-state index contributed by atoms with van der Waals surface area (Å²) >= 11 is 0. The van der Waals surface area contributed by atoms with Crippen LogP contribution in [0.25, 0.3) is 10.8 Å². The lowest BCUT2D eigenvalue weighted by Gasteiger charge is -2.15. The van der Waals surface area contributed by atoms with Crippen molar-refractivity contribution in [1.82, 2.24) is 5.32 Å². The van der Waals surface area contributed by atoms with Crippen molar-refractivity contribution >= 4 is 10.8 Å². The molecule has 1 N–H and O–H groups in total. The first kappa shape index (κ1) is 21.4. The van der Waals surface area contributed by atoms with Crippen LogP contribution in [0.15, 0.2) is 60.7 Å². The Morgan fingerprint density at radius 2 is 1.62 bits per heavy atom. The minimum absolute atomic E-state index is 0.804. The summed E-state index contributed by atoms with van der Waals surface area (Å²) in [6.07, 6.45) is 7.35. The largest absolute Gasteiger partial charge is 0.493 e. The first-order valence-corrected chi connectivity index (χ1v) is 11.2. The molecule has 3 rings (SSSR count). The van der Waals surface area contributed by atoms with Gasteiger partial charge in [-0.15, -0.1) is 0 Å². The zero-order valence-corrected chi connectivity index (χ0v) is 18.0. The fourth-order valence-electron chi connectivity index (χ4n) is 3.85. The summed E-state index contributed by atoms with van der Waals surface area (Å²) in [6, 6.07) is 21.6. The predicted molar refractivity (Wildman–Crippen MR) is 125 cm³/mol. The molecule has 0 heterocycles. The van der Waals surface area contributed by atoms with Gasteiger partial charge in [-0.3, -0.25) is 0 Å². The second-order valence-electron chi connectivity index (χ2n) is 7.88. The topological polar surface area (TPSA) is 21.3 Å². The van der Waals surface area contributed by atoms with Crippen LogP contribution >= 0.6 is 0 Å². The van der Waals surface area contributed by atoms with Gasteiger partial charge in [-0.05, 0) is 54.3 Å². The maximum Gasteiger partial charge on any atom is 0.124 e. The summed E-state index contributed by atoms with van der Waals surface area (Å²) < 4.78 is 6.22. The highest BCUT2D eigenvalue weighted by Gasteiger charge is 2.09. The molecule has 0 bridgehead atoms. The fraction of sp³-hybridized carbons (Fsp3) is 0.407. The Kier molecular flexibility index (Phi) is 8.58. The summed E-state index contributed by atoms with van der Waals surface area (Å²) in [7, 11) is 0. The third-order valence-corrected chi connectivity index (χ3v) is 5.64. The lowest BCUT2D eigenvalue weighted by atomic mass is 10.0. The number of ether oxygens (including phenoxy) is 1. The maximum atomic E-state index is 6.22. The van der Waals surface area contributed by atoms with Crippen LogP contribution in [0.5, 0.6) is 5.75 Å². The van der Waals surface area contributed by atoms with Crippen LogP contribution in [0.1, 0.15) is 55.7 Å². The van der Waals surface area contributed by atoms with Crippen molar-refractivity contribution in [3.63, 3.8) is 0 Å². The van der Waals surface area contributed by atoms with E-state index in [9.17, 15) is 0 Å². The quantitative estimate of drug-likeness (QED) is 0.343. The Morgan fingerprint density at radius 3 is 2.48 bits per heavy atom. The minimum Gasteiger partial charge on any atom is -0.493 e. The van der Waals surface area contributed by atoms with Crippen LogP contribution in [0.2, 0.25) is 0 Å². The van der Waals surface area contributed by atoms with Gasteiger partial charge < -0.3 is 10.1 Å². The van der Waals surface area contributed by atoms with Crippen molar-refractivity contribution in [2.24, 2.45) is 0 Å². The molecule has 0 atom stereocenters. The van der Waals surface area contributed by atoms with Crippen molar-refractivity contribution in [2.75, 3.05) is 13.2 Å². The van der Waals surface area contributed by atoms with Gasteiger partial charge in [0.1, 0.15) is 5.75 Å². The number of benzene rings is 3. The van der Waals surface area contributed by atoms with Gasteiger partial charge in [0, 0.05) is 12.1 Å². The van der Waals surface area contributed by atoms with Gasteiger partial charge in [-0.2, -0.15) is 0 Å². The molecule has 3 aromatic rings. The van der Waals surface area contributed by atoms with Crippen LogP contribution in [0, 0.1) is 6.92 Å². The molecule has 0 amide bonds. The molecular weight excluding hydrogens is 354 g/mol. The highest BCUT2D eigenvalue weighted by atomic mass is 16.5. The summed E-state index contributed by atoms with van der Waals surface area (Å²) in [5, 5.41) is 6.22. The Balaban J connectivity index is 1.61. The Hall–Kier alpha value is -2.32. The highest BCUT2D eigenvalue weighted by molar-refractivity contribution is 5.87. The average Bonchev–Trinajstić information content (AvgIpc) is 2.75. The van der Waals surface area contributed by atoms with Gasteiger partial charge in [0.05, 0.1) is 6.61 Å². The molecule has 0 radical (unpaired) electrons. The SMILES string of the molecule is CCCCCCCOc1ccc2ccccc2c1CNCCc1ccccc1C. The minimum atomic E-state index is 0.804. The smallest absolute Gasteiger partial charge is 0.124 e. The molecule has 0 aliphatic rings. The number of unbranched alkanes of at least 4 members (excludes halogenated alkanes) is 4. The molecule has 0 aromatic heterocycles. The average molecular weight is 390 g/mol. The van der Waals surface area contributed by atoms with Gasteiger partial charge in [0.15, 0.2) is 0 Å². The normalized spacial score (nSPS) is 11.1. The molecule has 0 spiro atoms. The third kappa shape index (κ3) is 6.33. The lowest BCUT2D eigenvalue weighted by Crippen LogP contribution is -2.18. The van der Waals surface area contributed by atoms with Gasteiger partial charge in [-0.1, -0.05) is 87.2 Å². The number of hydrogen-bond acceptors (Lipinski definition) is 2. The van der Waals surface area contributed by atoms with E-state index in [2.05, 4.69) is 79.8 Å². The second-order valence-corrected chi connectivity index (χ2v) is 7.88. The Bertz CT molecular complexity index is 887. The number of fused-ring (bicyclic) bond motifs is 1. The molecule has 2 heteroatoms. The van der Waals surface area contributed by atoms with E-state index in [4.69, 9.17) is 4.74 Å². The first-order chi connectivity index (χ1) is 14.3. The van der Waals surface area contributed by atoms with E-state index in [1.54, 1.807) is 0 Å². The molecule has 0 unspecified atom stereocenters. The third-order valence-electron chi connectivity index (χ3n) is 5.64. The molecule has 0 saturated heterocycles. The van der Waals surface area contributed by atoms with Gasteiger partial charge in [-0.25, -0.2) is 0 Å². The molecule has 2 nitrogen and oxygen atoms in total.